The van der Waals surface area contributed by atoms with Crippen LogP contribution >= 0.6 is 0 Å². The van der Waals surface area contributed by atoms with Crippen LogP contribution in [0, 0.1) is 6.92 Å². The maximum Gasteiger partial charge on any atom is 0.227 e. The standard InChI is InChI=1S/C11H18N4O/c1-9-10(8-13-14-9)7-11(16)15-5-2-3-12-4-6-15/h8,12H,2-7H2,1H3,(H,13,14). The minimum atomic E-state index is 0.202. The van der Waals surface area contributed by atoms with Gasteiger partial charge in [0.1, 0.15) is 0 Å². The van der Waals surface area contributed by atoms with E-state index in [1.165, 1.54) is 0 Å². The Labute approximate surface area is 95.2 Å². The molecule has 0 spiro atoms. The summed E-state index contributed by atoms with van der Waals surface area (Å²) in [5, 5.41) is 10.1. The number of aromatic amines is 1. The molecule has 1 aliphatic rings. The van der Waals surface area contributed by atoms with Crippen molar-refractivity contribution in [2.75, 3.05) is 26.2 Å². The lowest BCUT2D eigenvalue weighted by Gasteiger charge is -2.19. The lowest BCUT2D eigenvalue weighted by Crippen LogP contribution is -2.35. The van der Waals surface area contributed by atoms with Crippen LogP contribution in [-0.4, -0.2) is 47.2 Å². The van der Waals surface area contributed by atoms with Crippen molar-refractivity contribution in [1.82, 2.24) is 20.4 Å². The van der Waals surface area contributed by atoms with Crippen molar-refractivity contribution in [3.63, 3.8) is 0 Å². The molecule has 0 unspecified atom stereocenters. The number of nitrogens with one attached hydrogen (secondary N) is 2. The van der Waals surface area contributed by atoms with Gasteiger partial charge >= 0.3 is 0 Å². The summed E-state index contributed by atoms with van der Waals surface area (Å²) >= 11 is 0. The molecule has 0 saturated carbocycles. The predicted molar refractivity (Wildman–Crippen MR) is 61.1 cm³/mol. The molecule has 88 valence electrons. The second-order valence-corrected chi connectivity index (χ2v) is 4.18. The van der Waals surface area contributed by atoms with Gasteiger partial charge in [-0.1, -0.05) is 0 Å². The van der Waals surface area contributed by atoms with E-state index in [-0.39, 0.29) is 5.91 Å². The lowest BCUT2D eigenvalue weighted by molar-refractivity contribution is -0.130. The number of aryl methyl sites for hydroxylation is 1. The third-order valence-corrected chi connectivity index (χ3v) is 2.97. The molecule has 1 saturated heterocycles. The van der Waals surface area contributed by atoms with Crippen LogP contribution in [0.1, 0.15) is 17.7 Å². The predicted octanol–water partition coefficient (Wildman–Crippen LogP) is 0.0825. The normalized spacial score (nSPS) is 17.2. The summed E-state index contributed by atoms with van der Waals surface area (Å²) in [6.07, 6.45) is 3.24. The molecular formula is C11H18N4O. The van der Waals surface area contributed by atoms with E-state index in [0.717, 1.165) is 43.9 Å². The van der Waals surface area contributed by atoms with E-state index in [0.29, 0.717) is 6.42 Å². The second-order valence-electron chi connectivity index (χ2n) is 4.18. The van der Waals surface area contributed by atoms with Crippen molar-refractivity contribution < 1.29 is 4.79 Å². The largest absolute Gasteiger partial charge is 0.341 e. The molecule has 1 aliphatic heterocycles. The second kappa shape index (κ2) is 5.12. The number of aromatic nitrogens is 2. The van der Waals surface area contributed by atoms with E-state index >= 15 is 0 Å². The van der Waals surface area contributed by atoms with Crippen molar-refractivity contribution in [2.24, 2.45) is 0 Å². The first-order chi connectivity index (χ1) is 7.77. The maximum atomic E-state index is 12.0. The Morgan fingerprint density at radius 2 is 2.38 bits per heavy atom. The molecule has 1 aromatic rings. The highest BCUT2D eigenvalue weighted by Gasteiger charge is 2.16. The van der Waals surface area contributed by atoms with Crippen molar-refractivity contribution in [2.45, 2.75) is 19.8 Å². The molecule has 1 amide bonds. The number of hydrogen-bond donors (Lipinski definition) is 2. The van der Waals surface area contributed by atoms with Gasteiger partial charge in [-0.3, -0.25) is 9.89 Å². The van der Waals surface area contributed by atoms with E-state index in [1.807, 2.05) is 11.8 Å². The van der Waals surface area contributed by atoms with Crippen LogP contribution in [0.4, 0.5) is 0 Å². The summed E-state index contributed by atoms with van der Waals surface area (Å²) in [5.41, 5.74) is 1.99. The number of carbonyl (C=O) groups excluding carboxylic acids is 1. The van der Waals surface area contributed by atoms with E-state index < -0.39 is 0 Å². The molecule has 16 heavy (non-hydrogen) atoms. The summed E-state index contributed by atoms with van der Waals surface area (Å²) in [7, 11) is 0. The lowest BCUT2D eigenvalue weighted by atomic mass is 10.2. The van der Waals surface area contributed by atoms with Crippen LogP contribution in [0.2, 0.25) is 0 Å². The number of hydrogen-bond acceptors (Lipinski definition) is 3. The zero-order valence-corrected chi connectivity index (χ0v) is 9.62. The maximum absolute atomic E-state index is 12.0. The Kier molecular flexibility index (Phi) is 3.56. The third kappa shape index (κ3) is 2.61. The van der Waals surface area contributed by atoms with Crippen LogP contribution in [0.25, 0.3) is 0 Å². The number of amides is 1. The van der Waals surface area contributed by atoms with Crippen LogP contribution in [0.15, 0.2) is 6.20 Å². The Bertz CT molecular complexity index is 353. The highest BCUT2D eigenvalue weighted by molar-refractivity contribution is 5.79. The molecule has 2 heterocycles. The zero-order valence-electron chi connectivity index (χ0n) is 9.62. The van der Waals surface area contributed by atoms with Crippen LogP contribution in [0.5, 0.6) is 0 Å². The number of rotatable bonds is 2. The zero-order chi connectivity index (χ0) is 11.4. The monoisotopic (exact) mass is 222 g/mol. The minimum Gasteiger partial charge on any atom is -0.341 e. The van der Waals surface area contributed by atoms with E-state index in [1.54, 1.807) is 6.20 Å². The van der Waals surface area contributed by atoms with Crippen molar-refractivity contribution >= 4 is 5.91 Å². The van der Waals surface area contributed by atoms with Gasteiger partial charge in [-0.25, -0.2) is 0 Å². The van der Waals surface area contributed by atoms with Gasteiger partial charge in [0.15, 0.2) is 0 Å². The molecule has 1 fully saturated rings. The number of carbonyl (C=O) groups is 1. The molecule has 0 aliphatic carbocycles. The fourth-order valence-corrected chi connectivity index (χ4v) is 1.92. The van der Waals surface area contributed by atoms with Crippen LogP contribution in [-0.2, 0) is 11.2 Å². The van der Waals surface area contributed by atoms with Gasteiger partial charge in [0, 0.05) is 30.9 Å². The summed E-state index contributed by atoms with van der Waals surface area (Å²) in [4.78, 5) is 14.0. The Morgan fingerprint density at radius 1 is 1.50 bits per heavy atom. The Hall–Kier alpha value is -1.36. The summed E-state index contributed by atoms with van der Waals surface area (Å²) < 4.78 is 0. The van der Waals surface area contributed by atoms with Crippen molar-refractivity contribution in [3.05, 3.63) is 17.5 Å². The first kappa shape index (κ1) is 11.1. The molecule has 0 radical (unpaired) electrons. The molecule has 2 N–H and O–H groups in total. The highest BCUT2D eigenvalue weighted by atomic mass is 16.2. The van der Waals surface area contributed by atoms with Gasteiger partial charge in [0.05, 0.1) is 12.6 Å². The minimum absolute atomic E-state index is 0.202. The van der Waals surface area contributed by atoms with Crippen molar-refractivity contribution in [1.29, 1.82) is 0 Å². The average molecular weight is 222 g/mol. The molecule has 1 aromatic heterocycles. The molecule has 5 nitrogen and oxygen atoms in total. The highest BCUT2D eigenvalue weighted by Crippen LogP contribution is 2.07. The fourth-order valence-electron chi connectivity index (χ4n) is 1.92. The first-order valence-corrected chi connectivity index (χ1v) is 5.74. The average Bonchev–Trinajstić information content (AvgIpc) is 2.57. The quantitative estimate of drug-likeness (QED) is 0.745. The smallest absolute Gasteiger partial charge is 0.227 e. The summed E-state index contributed by atoms with van der Waals surface area (Å²) in [6, 6.07) is 0. The summed E-state index contributed by atoms with van der Waals surface area (Å²) in [5.74, 6) is 0.202. The SMILES string of the molecule is Cc1[nH]ncc1CC(=O)N1CCCNCC1. The molecule has 2 rings (SSSR count). The van der Waals surface area contributed by atoms with E-state index in [2.05, 4.69) is 15.5 Å². The van der Waals surface area contributed by atoms with Gasteiger partial charge in [0.2, 0.25) is 5.91 Å². The fraction of sp³-hybridized carbons (Fsp3) is 0.636. The Morgan fingerprint density at radius 3 is 3.12 bits per heavy atom. The number of H-pyrrole nitrogens is 1. The first-order valence-electron chi connectivity index (χ1n) is 5.74. The molecular weight excluding hydrogens is 204 g/mol. The van der Waals surface area contributed by atoms with E-state index in [9.17, 15) is 4.79 Å². The van der Waals surface area contributed by atoms with Gasteiger partial charge < -0.3 is 10.2 Å². The summed E-state index contributed by atoms with van der Waals surface area (Å²) in [6.45, 7) is 5.53. The molecule has 0 aromatic carbocycles. The van der Waals surface area contributed by atoms with Gasteiger partial charge in [0.25, 0.3) is 0 Å². The third-order valence-electron chi connectivity index (χ3n) is 2.97. The topological polar surface area (TPSA) is 61.0 Å². The Balaban J connectivity index is 1.94. The van der Waals surface area contributed by atoms with E-state index in [4.69, 9.17) is 0 Å². The molecule has 0 bridgehead atoms. The van der Waals surface area contributed by atoms with Gasteiger partial charge in [-0.2, -0.15) is 5.10 Å². The molecule has 5 heteroatoms. The van der Waals surface area contributed by atoms with Crippen LogP contribution in [0.3, 0.4) is 0 Å². The van der Waals surface area contributed by atoms with Gasteiger partial charge in [-0.15, -0.1) is 0 Å². The van der Waals surface area contributed by atoms with Crippen LogP contribution < -0.4 is 5.32 Å². The van der Waals surface area contributed by atoms with Crippen molar-refractivity contribution in [3.8, 4) is 0 Å². The number of nitrogens with zero attached hydrogens (tertiary/aromatic N) is 2. The van der Waals surface area contributed by atoms with Gasteiger partial charge in [-0.05, 0) is 19.9 Å². The molecule has 0 atom stereocenters.